The standard InChI is InChI=1S/C15H22O4/c1-15(2,19-5)7-6-14(16)11-8-12(17-3)10-13(9-11)18-4/h8-10H,6-7H2,1-5H3. The zero-order valence-corrected chi connectivity index (χ0v) is 12.3. The second-order valence-electron chi connectivity index (χ2n) is 4.99. The van der Waals surface area contributed by atoms with E-state index in [4.69, 9.17) is 14.2 Å². The van der Waals surface area contributed by atoms with Crippen LogP contribution in [-0.4, -0.2) is 32.7 Å². The Morgan fingerprint density at radius 2 is 1.58 bits per heavy atom. The lowest BCUT2D eigenvalue weighted by Gasteiger charge is -2.22. The van der Waals surface area contributed by atoms with E-state index in [1.54, 1.807) is 39.5 Å². The van der Waals surface area contributed by atoms with Crippen molar-refractivity contribution in [3.05, 3.63) is 23.8 Å². The zero-order chi connectivity index (χ0) is 14.5. The van der Waals surface area contributed by atoms with Crippen LogP contribution < -0.4 is 9.47 Å². The Labute approximate surface area is 114 Å². The topological polar surface area (TPSA) is 44.8 Å². The second-order valence-corrected chi connectivity index (χ2v) is 4.99. The number of carbonyl (C=O) groups excluding carboxylic acids is 1. The first-order valence-electron chi connectivity index (χ1n) is 6.23. The van der Waals surface area contributed by atoms with E-state index in [0.29, 0.717) is 29.9 Å². The highest BCUT2D eigenvalue weighted by atomic mass is 16.5. The number of ether oxygens (including phenoxy) is 3. The molecule has 0 radical (unpaired) electrons. The minimum absolute atomic E-state index is 0.0577. The SMILES string of the molecule is COc1cc(OC)cc(C(=O)CCC(C)(C)OC)c1. The molecule has 0 bridgehead atoms. The van der Waals surface area contributed by atoms with Gasteiger partial charge in [-0.25, -0.2) is 0 Å². The highest BCUT2D eigenvalue weighted by Crippen LogP contribution is 2.25. The molecule has 1 rings (SSSR count). The minimum Gasteiger partial charge on any atom is -0.497 e. The Kier molecular flexibility index (Phi) is 5.36. The van der Waals surface area contributed by atoms with Crippen LogP contribution in [0.2, 0.25) is 0 Å². The summed E-state index contributed by atoms with van der Waals surface area (Å²) in [7, 11) is 4.78. The maximum atomic E-state index is 12.2. The molecule has 0 atom stereocenters. The Balaban J connectivity index is 2.81. The van der Waals surface area contributed by atoms with Gasteiger partial charge in [-0.3, -0.25) is 4.79 Å². The fourth-order valence-electron chi connectivity index (χ4n) is 1.63. The number of carbonyl (C=O) groups is 1. The van der Waals surface area contributed by atoms with Crippen LogP contribution in [0.1, 0.15) is 37.0 Å². The van der Waals surface area contributed by atoms with Gasteiger partial charge in [-0.15, -0.1) is 0 Å². The molecule has 4 heteroatoms. The van der Waals surface area contributed by atoms with Crippen molar-refractivity contribution in [2.75, 3.05) is 21.3 Å². The van der Waals surface area contributed by atoms with Crippen molar-refractivity contribution in [3.63, 3.8) is 0 Å². The van der Waals surface area contributed by atoms with Gasteiger partial charge >= 0.3 is 0 Å². The van der Waals surface area contributed by atoms with E-state index < -0.39 is 0 Å². The maximum absolute atomic E-state index is 12.2. The summed E-state index contributed by atoms with van der Waals surface area (Å²) in [6.45, 7) is 3.93. The maximum Gasteiger partial charge on any atom is 0.163 e. The third-order valence-corrected chi connectivity index (χ3v) is 3.18. The molecule has 0 heterocycles. The van der Waals surface area contributed by atoms with Crippen LogP contribution in [-0.2, 0) is 4.74 Å². The smallest absolute Gasteiger partial charge is 0.163 e. The van der Waals surface area contributed by atoms with Crippen LogP contribution in [0.4, 0.5) is 0 Å². The van der Waals surface area contributed by atoms with Crippen LogP contribution in [0.15, 0.2) is 18.2 Å². The molecule has 0 N–H and O–H groups in total. The number of benzene rings is 1. The molecule has 0 saturated heterocycles. The van der Waals surface area contributed by atoms with Gasteiger partial charge in [0.1, 0.15) is 11.5 Å². The van der Waals surface area contributed by atoms with Crippen molar-refractivity contribution < 1.29 is 19.0 Å². The van der Waals surface area contributed by atoms with Gasteiger partial charge in [-0.1, -0.05) is 0 Å². The Hall–Kier alpha value is -1.55. The van der Waals surface area contributed by atoms with Gasteiger partial charge in [0.25, 0.3) is 0 Å². The molecule has 0 aromatic heterocycles. The summed E-state index contributed by atoms with van der Waals surface area (Å²) in [4.78, 5) is 12.2. The van der Waals surface area contributed by atoms with Crippen molar-refractivity contribution in [3.8, 4) is 11.5 Å². The molecule has 1 aromatic rings. The Bertz CT molecular complexity index is 416. The van der Waals surface area contributed by atoms with Crippen LogP contribution in [0.3, 0.4) is 0 Å². The van der Waals surface area contributed by atoms with Crippen molar-refractivity contribution in [1.82, 2.24) is 0 Å². The summed E-state index contributed by atoms with van der Waals surface area (Å²) in [6, 6.07) is 5.20. The van der Waals surface area contributed by atoms with Gasteiger partial charge < -0.3 is 14.2 Å². The van der Waals surface area contributed by atoms with Crippen molar-refractivity contribution in [2.24, 2.45) is 0 Å². The summed E-state index contributed by atoms with van der Waals surface area (Å²) in [5.74, 6) is 1.30. The highest BCUT2D eigenvalue weighted by molar-refractivity contribution is 5.96. The van der Waals surface area contributed by atoms with E-state index in [1.807, 2.05) is 13.8 Å². The quantitative estimate of drug-likeness (QED) is 0.711. The predicted octanol–water partition coefficient (Wildman–Crippen LogP) is 3.09. The monoisotopic (exact) mass is 266 g/mol. The van der Waals surface area contributed by atoms with E-state index in [-0.39, 0.29) is 11.4 Å². The average molecular weight is 266 g/mol. The van der Waals surface area contributed by atoms with Crippen LogP contribution in [0, 0.1) is 0 Å². The summed E-state index contributed by atoms with van der Waals surface area (Å²) in [5, 5.41) is 0. The third kappa shape index (κ3) is 4.56. The van der Waals surface area contributed by atoms with Crippen LogP contribution in [0.5, 0.6) is 11.5 Å². The number of methoxy groups -OCH3 is 3. The molecule has 0 aliphatic carbocycles. The molecule has 0 unspecified atom stereocenters. The second kappa shape index (κ2) is 6.57. The van der Waals surface area contributed by atoms with E-state index in [1.165, 1.54) is 0 Å². The van der Waals surface area contributed by atoms with Gasteiger partial charge in [0.15, 0.2) is 5.78 Å². The lowest BCUT2D eigenvalue weighted by atomic mass is 9.97. The summed E-state index contributed by atoms with van der Waals surface area (Å²) < 4.78 is 15.6. The summed E-state index contributed by atoms with van der Waals surface area (Å²) >= 11 is 0. The molecule has 0 fully saturated rings. The number of ketones is 1. The first-order chi connectivity index (χ1) is 8.91. The van der Waals surface area contributed by atoms with Gasteiger partial charge in [-0.2, -0.15) is 0 Å². The Morgan fingerprint density at radius 1 is 1.05 bits per heavy atom. The van der Waals surface area contributed by atoms with E-state index in [9.17, 15) is 4.79 Å². The normalized spacial score (nSPS) is 11.2. The molecule has 106 valence electrons. The van der Waals surface area contributed by atoms with Crippen LogP contribution in [0.25, 0.3) is 0 Å². The number of hydrogen-bond donors (Lipinski definition) is 0. The first-order valence-corrected chi connectivity index (χ1v) is 6.23. The molecule has 0 amide bonds. The van der Waals surface area contributed by atoms with Crippen LogP contribution >= 0.6 is 0 Å². The van der Waals surface area contributed by atoms with Crippen molar-refractivity contribution in [1.29, 1.82) is 0 Å². The minimum atomic E-state index is -0.293. The van der Waals surface area contributed by atoms with E-state index >= 15 is 0 Å². The molecule has 0 saturated carbocycles. The summed E-state index contributed by atoms with van der Waals surface area (Å²) in [5.41, 5.74) is 0.307. The zero-order valence-electron chi connectivity index (χ0n) is 12.3. The van der Waals surface area contributed by atoms with Gasteiger partial charge in [0, 0.05) is 25.2 Å². The Morgan fingerprint density at radius 3 is 2.00 bits per heavy atom. The number of rotatable bonds is 7. The number of hydrogen-bond acceptors (Lipinski definition) is 4. The molecular formula is C15H22O4. The molecule has 1 aromatic carbocycles. The van der Waals surface area contributed by atoms with Gasteiger partial charge in [0.2, 0.25) is 0 Å². The van der Waals surface area contributed by atoms with Crippen molar-refractivity contribution in [2.45, 2.75) is 32.3 Å². The fourth-order valence-corrected chi connectivity index (χ4v) is 1.63. The highest BCUT2D eigenvalue weighted by Gasteiger charge is 2.19. The summed E-state index contributed by atoms with van der Waals surface area (Å²) in [6.07, 6.45) is 1.10. The molecule has 0 aliphatic rings. The first kappa shape index (κ1) is 15.5. The van der Waals surface area contributed by atoms with Crippen molar-refractivity contribution >= 4 is 5.78 Å². The largest absolute Gasteiger partial charge is 0.497 e. The predicted molar refractivity (Wildman–Crippen MR) is 74.2 cm³/mol. The lowest BCUT2D eigenvalue weighted by Crippen LogP contribution is -2.23. The van der Waals surface area contributed by atoms with Gasteiger partial charge in [0.05, 0.1) is 19.8 Å². The van der Waals surface area contributed by atoms with E-state index in [2.05, 4.69) is 0 Å². The molecular weight excluding hydrogens is 244 g/mol. The molecule has 4 nitrogen and oxygen atoms in total. The fraction of sp³-hybridized carbons (Fsp3) is 0.533. The van der Waals surface area contributed by atoms with E-state index in [0.717, 1.165) is 0 Å². The molecule has 0 spiro atoms. The molecule has 19 heavy (non-hydrogen) atoms. The third-order valence-electron chi connectivity index (χ3n) is 3.18. The van der Waals surface area contributed by atoms with Gasteiger partial charge in [-0.05, 0) is 32.4 Å². The molecule has 0 aliphatic heterocycles. The number of Topliss-reactive ketones (excluding diaryl/α,β-unsaturated/α-hetero) is 1. The average Bonchev–Trinajstić information content (AvgIpc) is 2.44. The lowest BCUT2D eigenvalue weighted by molar-refractivity contribution is 0.0141.